The molecule has 45 heavy (non-hydrogen) atoms. The number of alkyl halides is 2. The van der Waals surface area contributed by atoms with Crippen molar-refractivity contribution < 1.29 is 27.8 Å². The number of cyclic esters (lactones) is 1. The van der Waals surface area contributed by atoms with Crippen molar-refractivity contribution in [2.24, 2.45) is 0 Å². The molecule has 0 N–H and O–H groups in total. The number of halogens is 3. The van der Waals surface area contributed by atoms with Crippen LogP contribution < -0.4 is 10.3 Å². The molecular formula is C31H31ClF2N6O5. The van der Waals surface area contributed by atoms with E-state index in [1.165, 1.54) is 12.4 Å². The maximum atomic E-state index is 14.3. The molecule has 7 rings (SSSR count). The first-order valence-corrected chi connectivity index (χ1v) is 15.2. The van der Waals surface area contributed by atoms with E-state index in [-0.39, 0.29) is 36.9 Å². The van der Waals surface area contributed by atoms with Crippen LogP contribution in [-0.2, 0) is 22.6 Å². The van der Waals surface area contributed by atoms with E-state index in [2.05, 4.69) is 10.00 Å². The highest BCUT2D eigenvalue weighted by Gasteiger charge is 2.39. The van der Waals surface area contributed by atoms with Gasteiger partial charge in [-0.3, -0.25) is 14.3 Å². The van der Waals surface area contributed by atoms with E-state index in [0.717, 1.165) is 5.56 Å². The van der Waals surface area contributed by atoms with Crippen molar-refractivity contribution in [2.45, 2.75) is 44.6 Å². The summed E-state index contributed by atoms with van der Waals surface area (Å²) in [4.78, 5) is 35.1. The van der Waals surface area contributed by atoms with Crippen LogP contribution in [0, 0.1) is 0 Å². The molecule has 3 aliphatic rings. The zero-order chi connectivity index (χ0) is 31.1. The maximum Gasteiger partial charge on any atom is 0.410 e. The zero-order valence-corrected chi connectivity index (χ0v) is 25.0. The number of rotatable bonds is 8. The number of hydrogen-bond acceptors (Lipinski definition) is 8. The van der Waals surface area contributed by atoms with Crippen molar-refractivity contribution in [2.75, 3.05) is 39.5 Å². The van der Waals surface area contributed by atoms with Crippen molar-refractivity contribution >= 4 is 28.6 Å². The van der Waals surface area contributed by atoms with Crippen LogP contribution in [0.1, 0.15) is 30.8 Å². The number of benzene rings is 2. The van der Waals surface area contributed by atoms with Gasteiger partial charge in [-0.2, -0.15) is 13.9 Å². The number of nitrogens with zero attached hydrogens (tertiary/aromatic N) is 6. The van der Waals surface area contributed by atoms with Crippen LogP contribution in [0.3, 0.4) is 0 Å². The lowest BCUT2D eigenvalue weighted by molar-refractivity contribution is 0.0325. The molecule has 1 amide bonds. The molecule has 0 saturated carbocycles. The molecule has 0 aliphatic carbocycles. The van der Waals surface area contributed by atoms with Gasteiger partial charge in [0.1, 0.15) is 24.3 Å². The highest BCUT2D eigenvalue weighted by atomic mass is 35.5. The Labute approximate surface area is 261 Å². The Kier molecular flexibility index (Phi) is 8.15. The number of hydrogen-bond donors (Lipinski definition) is 0. The average Bonchev–Trinajstić information content (AvgIpc) is 3.68. The van der Waals surface area contributed by atoms with E-state index in [9.17, 15) is 18.4 Å². The van der Waals surface area contributed by atoms with E-state index in [4.69, 9.17) is 30.8 Å². The van der Waals surface area contributed by atoms with Gasteiger partial charge in [-0.1, -0.05) is 23.7 Å². The Morgan fingerprint density at radius 1 is 1.07 bits per heavy atom. The molecule has 4 aromatic rings. The summed E-state index contributed by atoms with van der Waals surface area (Å²) in [5.41, 5.74) is 1.97. The van der Waals surface area contributed by atoms with Crippen molar-refractivity contribution in [1.82, 2.24) is 29.1 Å². The Balaban J connectivity index is 1.32. The van der Waals surface area contributed by atoms with Gasteiger partial charge in [0.15, 0.2) is 0 Å². The fraction of sp³-hybridized carbons (Fsp3) is 0.419. The Morgan fingerprint density at radius 2 is 1.87 bits per heavy atom. The van der Waals surface area contributed by atoms with Gasteiger partial charge in [-0.15, -0.1) is 0 Å². The van der Waals surface area contributed by atoms with Crippen LogP contribution in [0.2, 0.25) is 5.02 Å². The maximum absolute atomic E-state index is 14.3. The molecule has 236 valence electrons. The van der Waals surface area contributed by atoms with Crippen molar-refractivity contribution in [3.63, 3.8) is 0 Å². The van der Waals surface area contributed by atoms with Crippen molar-refractivity contribution in [1.29, 1.82) is 0 Å². The number of ether oxygens (including phenoxy) is 3. The standard InChI is InChI=1S/C31H31ClF2N6O5/c32-21-3-1-19(2-4-21)15-39-28(17-37-7-9-43-10-8-37)36-26-12-24(20-14-35-40(16-20)30(33)34)27(13-25(26)29(39)41)45-23-5-6-38-22(11-23)18-44-31(38)42/h1-4,12-14,16,22-23,30H,5-11,15,17-18H2/t22-,23-/m0/s1. The van der Waals surface area contributed by atoms with Gasteiger partial charge in [-0.05, 0) is 29.8 Å². The van der Waals surface area contributed by atoms with Crippen LogP contribution in [0.25, 0.3) is 22.0 Å². The topological polar surface area (TPSA) is 104 Å². The van der Waals surface area contributed by atoms with E-state index in [1.54, 1.807) is 33.7 Å². The van der Waals surface area contributed by atoms with Crippen LogP contribution >= 0.6 is 11.6 Å². The second-order valence-electron chi connectivity index (χ2n) is 11.5. The molecule has 0 unspecified atom stereocenters. The molecular weight excluding hydrogens is 610 g/mol. The third kappa shape index (κ3) is 6.11. The molecule has 3 aliphatic heterocycles. The first-order chi connectivity index (χ1) is 21.8. The van der Waals surface area contributed by atoms with Crippen LogP contribution in [0.15, 0.2) is 53.6 Å². The monoisotopic (exact) mass is 640 g/mol. The van der Waals surface area contributed by atoms with E-state index in [0.29, 0.717) is 95.5 Å². The predicted molar refractivity (Wildman–Crippen MR) is 161 cm³/mol. The number of fused-ring (bicyclic) bond motifs is 2. The quantitative estimate of drug-likeness (QED) is 0.276. The Morgan fingerprint density at radius 3 is 2.62 bits per heavy atom. The second-order valence-corrected chi connectivity index (χ2v) is 11.9. The van der Waals surface area contributed by atoms with Gasteiger partial charge in [0, 0.05) is 54.8 Å². The van der Waals surface area contributed by atoms with Crippen LogP contribution in [0.4, 0.5) is 13.6 Å². The van der Waals surface area contributed by atoms with E-state index >= 15 is 0 Å². The number of amides is 1. The lowest BCUT2D eigenvalue weighted by atomic mass is 10.0. The molecule has 2 aromatic carbocycles. The summed E-state index contributed by atoms with van der Waals surface area (Å²) in [7, 11) is 0. The van der Waals surface area contributed by atoms with Gasteiger partial charge in [-0.25, -0.2) is 14.5 Å². The van der Waals surface area contributed by atoms with Gasteiger partial charge in [0.2, 0.25) is 0 Å². The number of piperidine rings is 1. The SMILES string of the molecule is O=C1OC[C@@H]2C[C@@H](Oc3cc4c(=O)n(Cc5ccc(Cl)cc5)c(CN5CCOCC5)nc4cc3-c3cnn(C(F)F)c3)CCN12. The third-order valence-corrected chi connectivity index (χ3v) is 8.82. The summed E-state index contributed by atoms with van der Waals surface area (Å²) < 4.78 is 46.5. The lowest BCUT2D eigenvalue weighted by Crippen LogP contribution is -2.44. The van der Waals surface area contributed by atoms with E-state index in [1.807, 2.05) is 12.1 Å². The summed E-state index contributed by atoms with van der Waals surface area (Å²) in [6.07, 6.45) is 3.08. The summed E-state index contributed by atoms with van der Waals surface area (Å²) in [6, 6.07) is 10.6. The molecule has 3 saturated heterocycles. The number of aromatic nitrogens is 4. The number of carbonyl (C=O) groups is 1. The summed E-state index contributed by atoms with van der Waals surface area (Å²) in [5, 5.41) is 4.76. The molecule has 0 radical (unpaired) electrons. The van der Waals surface area contributed by atoms with Crippen LogP contribution in [0.5, 0.6) is 5.75 Å². The molecule has 11 nitrogen and oxygen atoms in total. The highest BCUT2D eigenvalue weighted by Crippen LogP contribution is 2.36. The van der Waals surface area contributed by atoms with Gasteiger partial charge in [0.05, 0.1) is 49.4 Å². The number of carbonyl (C=O) groups excluding carboxylic acids is 1. The minimum absolute atomic E-state index is 0.109. The van der Waals surface area contributed by atoms with Crippen molar-refractivity contribution in [3.8, 4) is 16.9 Å². The largest absolute Gasteiger partial charge is 0.490 e. The second kappa shape index (κ2) is 12.4. The predicted octanol–water partition coefficient (Wildman–Crippen LogP) is 4.55. The summed E-state index contributed by atoms with van der Waals surface area (Å²) >= 11 is 6.12. The first kappa shape index (κ1) is 29.6. The minimum Gasteiger partial charge on any atom is -0.490 e. The van der Waals surface area contributed by atoms with Crippen LogP contribution in [-0.4, -0.2) is 86.8 Å². The Hall–Kier alpha value is -4.07. The fourth-order valence-corrected chi connectivity index (χ4v) is 6.29. The zero-order valence-electron chi connectivity index (χ0n) is 24.3. The highest BCUT2D eigenvalue weighted by molar-refractivity contribution is 6.30. The van der Waals surface area contributed by atoms with Gasteiger partial charge < -0.3 is 19.1 Å². The molecule has 0 bridgehead atoms. The summed E-state index contributed by atoms with van der Waals surface area (Å²) in [6.45, 7) is 1.25. The smallest absolute Gasteiger partial charge is 0.410 e. The minimum atomic E-state index is -2.81. The van der Waals surface area contributed by atoms with Crippen molar-refractivity contribution in [3.05, 3.63) is 75.6 Å². The molecule has 5 heterocycles. The third-order valence-electron chi connectivity index (χ3n) is 8.56. The molecule has 14 heteroatoms. The molecule has 2 atom stereocenters. The average molecular weight is 641 g/mol. The summed E-state index contributed by atoms with van der Waals surface area (Å²) in [5.74, 6) is 0.934. The van der Waals surface area contributed by atoms with Gasteiger partial charge in [0.25, 0.3) is 5.56 Å². The molecule has 3 fully saturated rings. The first-order valence-electron chi connectivity index (χ1n) is 14.9. The Bertz CT molecular complexity index is 1770. The molecule has 0 spiro atoms. The van der Waals surface area contributed by atoms with Gasteiger partial charge >= 0.3 is 12.6 Å². The number of morpholine rings is 1. The molecule has 2 aromatic heterocycles. The lowest BCUT2D eigenvalue weighted by Gasteiger charge is -2.33. The fourth-order valence-electron chi connectivity index (χ4n) is 6.17. The van der Waals surface area contributed by atoms with E-state index < -0.39 is 6.55 Å². The normalized spacial score (nSPS) is 20.5.